The molecule has 11 heteroatoms. The predicted molar refractivity (Wildman–Crippen MR) is 145 cm³/mol. The van der Waals surface area contributed by atoms with Crippen LogP contribution in [0, 0.1) is 11.6 Å². The first-order valence-corrected chi connectivity index (χ1v) is 15.9. The number of halogens is 5. The molecule has 4 nitrogen and oxygen atoms in total. The van der Waals surface area contributed by atoms with Gasteiger partial charge in [-0.25, -0.2) is 8.78 Å². The maximum Gasteiger partial charge on any atom is 0.534 e. The van der Waals surface area contributed by atoms with Gasteiger partial charge in [0.05, 0.1) is 10.6 Å². The van der Waals surface area contributed by atoms with E-state index in [1.165, 1.54) is 48.5 Å². The number of aryl methyl sites for hydroxylation is 2. The Morgan fingerprint density at radius 1 is 0.683 bits per heavy atom. The van der Waals surface area contributed by atoms with Crippen LogP contribution in [0.3, 0.4) is 0 Å². The smallest absolute Gasteiger partial charge is 0.376 e. The van der Waals surface area contributed by atoms with Crippen LogP contribution in [-0.2, 0) is 32.9 Å². The largest absolute Gasteiger partial charge is 0.534 e. The van der Waals surface area contributed by atoms with Gasteiger partial charge < -0.3 is 8.75 Å². The van der Waals surface area contributed by atoms with Gasteiger partial charge in [0, 0.05) is 16.3 Å². The van der Waals surface area contributed by atoms with Gasteiger partial charge in [-0.1, -0.05) is 54.6 Å². The van der Waals surface area contributed by atoms with Crippen LogP contribution < -0.4 is 20.1 Å². The normalized spacial score (nSPS) is 18.4. The fourth-order valence-corrected chi connectivity index (χ4v) is 9.98. The van der Waals surface area contributed by atoms with Crippen LogP contribution in [0.15, 0.2) is 84.9 Å². The lowest BCUT2D eigenvalue weighted by atomic mass is 9.76. The van der Waals surface area contributed by atoms with E-state index in [2.05, 4.69) is 0 Å². The fourth-order valence-electron chi connectivity index (χ4n) is 6.42. The van der Waals surface area contributed by atoms with E-state index in [0.29, 0.717) is 36.8 Å². The first-order chi connectivity index (χ1) is 19.4. The highest BCUT2D eigenvalue weighted by molar-refractivity contribution is 7.88. The van der Waals surface area contributed by atoms with Crippen molar-refractivity contribution in [3.63, 3.8) is 0 Å². The summed E-state index contributed by atoms with van der Waals surface area (Å²) < 4.78 is 115. The second kappa shape index (κ2) is 9.53. The van der Waals surface area contributed by atoms with Crippen molar-refractivity contribution in [2.75, 3.05) is 0 Å². The van der Waals surface area contributed by atoms with Gasteiger partial charge >= 0.3 is 15.6 Å². The average molecular weight is 605 g/mol. The zero-order valence-corrected chi connectivity index (χ0v) is 23.0. The molecular weight excluding hydrogens is 582 g/mol. The molecule has 4 aromatic carbocycles. The van der Waals surface area contributed by atoms with E-state index in [0.717, 1.165) is 17.7 Å². The van der Waals surface area contributed by atoms with E-state index in [1.54, 1.807) is 24.3 Å². The second-order valence-corrected chi connectivity index (χ2v) is 14.4. The Kier molecular flexibility index (Phi) is 6.43. The van der Waals surface area contributed by atoms with Crippen molar-refractivity contribution in [1.82, 2.24) is 0 Å². The monoisotopic (exact) mass is 604 g/mol. The molecule has 0 unspecified atom stereocenters. The molecule has 1 spiro atoms. The van der Waals surface area contributed by atoms with E-state index >= 15 is 13.3 Å². The number of hydrogen-bond donors (Lipinski definition) is 0. The summed E-state index contributed by atoms with van der Waals surface area (Å²) in [4.78, 5) is 0. The minimum absolute atomic E-state index is 0.157. The summed E-state index contributed by atoms with van der Waals surface area (Å²) >= 11 is 0. The molecule has 0 saturated heterocycles. The molecule has 0 heterocycles. The average Bonchev–Trinajstić information content (AvgIpc) is 3.50. The number of hydrogen-bond acceptors (Lipinski definition) is 4. The molecule has 4 aromatic rings. The SMILES string of the molecule is O=P(c1ccccc1F)(c1ccccc1F)c1cccc2c1[C@]1(CCc3cccc(OS(=O)(=O)C(F)(F)F)c31)CC2. The molecule has 0 aromatic heterocycles. The van der Waals surface area contributed by atoms with E-state index < -0.39 is 45.6 Å². The quantitative estimate of drug-likeness (QED) is 0.121. The topological polar surface area (TPSA) is 60.4 Å². The summed E-state index contributed by atoms with van der Waals surface area (Å²) in [5, 5.41) is -0.255. The van der Waals surface area contributed by atoms with Gasteiger partial charge in [0.2, 0.25) is 0 Å². The Labute approximate surface area is 233 Å². The first kappa shape index (κ1) is 27.7. The third kappa shape index (κ3) is 4.14. The van der Waals surface area contributed by atoms with E-state index in [4.69, 9.17) is 4.18 Å². The number of benzene rings is 4. The molecule has 6 rings (SSSR count). The van der Waals surface area contributed by atoms with Crippen molar-refractivity contribution in [3.8, 4) is 5.75 Å². The molecule has 0 N–H and O–H groups in total. The van der Waals surface area contributed by atoms with Crippen LogP contribution in [0.1, 0.15) is 35.1 Å². The zero-order valence-electron chi connectivity index (χ0n) is 21.3. The van der Waals surface area contributed by atoms with Crippen LogP contribution in [0.2, 0.25) is 0 Å². The molecule has 0 radical (unpaired) electrons. The molecule has 0 amide bonds. The Morgan fingerprint density at radius 2 is 1.17 bits per heavy atom. The highest BCUT2D eigenvalue weighted by atomic mass is 32.2. The number of fused-ring (bicyclic) bond motifs is 4. The van der Waals surface area contributed by atoms with Crippen molar-refractivity contribution in [2.45, 2.75) is 36.6 Å². The van der Waals surface area contributed by atoms with Gasteiger partial charge in [0.1, 0.15) is 17.4 Å². The van der Waals surface area contributed by atoms with Crippen molar-refractivity contribution in [1.29, 1.82) is 0 Å². The van der Waals surface area contributed by atoms with Gasteiger partial charge in [-0.2, -0.15) is 21.6 Å². The molecule has 1 atom stereocenters. The molecule has 0 fully saturated rings. The molecule has 41 heavy (non-hydrogen) atoms. The van der Waals surface area contributed by atoms with E-state index in [-0.39, 0.29) is 21.5 Å². The van der Waals surface area contributed by atoms with Crippen LogP contribution in [0.25, 0.3) is 0 Å². The molecule has 212 valence electrons. The van der Waals surface area contributed by atoms with Crippen molar-refractivity contribution in [2.24, 2.45) is 0 Å². The lowest BCUT2D eigenvalue weighted by Gasteiger charge is -2.33. The fraction of sp³-hybridized carbons (Fsp3) is 0.200. The molecule has 0 saturated carbocycles. The highest BCUT2D eigenvalue weighted by Crippen LogP contribution is 2.58. The van der Waals surface area contributed by atoms with Gasteiger partial charge in [-0.05, 0) is 72.7 Å². The minimum atomic E-state index is -5.99. The molecule has 0 bridgehead atoms. The first-order valence-electron chi connectivity index (χ1n) is 12.8. The zero-order chi connectivity index (χ0) is 29.2. The number of alkyl halides is 3. The lowest BCUT2D eigenvalue weighted by Crippen LogP contribution is -2.36. The molecule has 2 aliphatic rings. The maximum atomic E-state index is 15.4. The summed E-state index contributed by atoms with van der Waals surface area (Å²) in [6.45, 7) is 0. The number of rotatable bonds is 5. The van der Waals surface area contributed by atoms with Gasteiger partial charge in [-0.15, -0.1) is 0 Å². The third-order valence-electron chi connectivity index (χ3n) is 8.05. The van der Waals surface area contributed by atoms with Crippen molar-refractivity contribution < 1.29 is 39.1 Å². The van der Waals surface area contributed by atoms with E-state index in [1.807, 2.05) is 0 Å². The van der Waals surface area contributed by atoms with Gasteiger partial charge in [0.25, 0.3) is 0 Å². The highest BCUT2D eigenvalue weighted by Gasteiger charge is 2.53. The Hall–Kier alpha value is -3.49. The summed E-state index contributed by atoms with van der Waals surface area (Å²) in [5.41, 5.74) is -4.69. The second-order valence-electron chi connectivity index (χ2n) is 10.2. The molecule has 0 aliphatic heterocycles. The van der Waals surface area contributed by atoms with Crippen molar-refractivity contribution >= 4 is 33.2 Å². The minimum Gasteiger partial charge on any atom is -0.376 e. The Bertz CT molecular complexity index is 1800. The predicted octanol–water partition coefficient (Wildman–Crippen LogP) is 6.01. The van der Waals surface area contributed by atoms with Crippen molar-refractivity contribution in [3.05, 3.63) is 119 Å². The molecule has 2 aliphatic carbocycles. The van der Waals surface area contributed by atoms with Gasteiger partial charge in [0.15, 0.2) is 7.14 Å². The maximum absolute atomic E-state index is 15.4. The summed E-state index contributed by atoms with van der Waals surface area (Å²) in [6.07, 6.45) is 1.52. The Balaban J connectivity index is 1.65. The standard InChI is InChI=1S/C30H22F5O4PS/c31-21-9-1-3-12-24(21)40(36,25-13-4-2-10-22(25)32)26-14-6-8-20-16-18-29(28(20)26)17-15-19-7-5-11-23(27(19)29)39-41(37,38)30(33,34)35/h1-14H,15-18H2/t29-/m1/s1. The summed E-state index contributed by atoms with van der Waals surface area (Å²) in [5.74, 6) is -2.06. The van der Waals surface area contributed by atoms with Gasteiger partial charge in [-0.3, -0.25) is 0 Å². The van der Waals surface area contributed by atoms with E-state index in [9.17, 15) is 21.6 Å². The van der Waals surface area contributed by atoms with Crippen LogP contribution in [0.5, 0.6) is 5.75 Å². The van der Waals surface area contributed by atoms with Crippen LogP contribution in [-0.4, -0.2) is 13.9 Å². The van der Waals surface area contributed by atoms with Crippen LogP contribution >= 0.6 is 7.14 Å². The molecular formula is C30H22F5O4PS. The third-order valence-corrected chi connectivity index (χ3v) is 12.1. The van der Waals surface area contributed by atoms with Crippen LogP contribution in [0.4, 0.5) is 22.0 Å². The summed E-state index contributed by atoms with van der Waals surface area (Å²) in [6, 6.07) is 20.1. The Morgan fingerprint density at radius 3 is 1.71 bits per heavy atom. The summed E-state index contributed by atoms with van der Waals surface area (Å²) in [7, 11) is -10.2. The lowest BCUT2D eigenvalue weighted by molar-refractivity contribution is -0.0500.